The maximum atomic E-state index is 11.1. The molecule has 0 saturated heterocycles. The first kappa shape index (κ1) is 21.8. The van der Waals surface area contributed by atoms with E-state index in [1.165, 1.54) is 13.8 Å². The van der Waals surface area contributed by atoms with Crippen molar-refractivity contribution in [2.24, 2.45) is 0 Å². The van der Waals surface area contributed by atoms with Crippen molar-refractivity contribution in [3.63, 3.8) is 0 Å². The number of esters is 2. The third kappa shape index (κ3) is 5.76. The van der Waals surface area contributed by atoms with Crippen molar-refractivity contribution in [1.82, 2.24) is 4.98 Å². The second-order valence-corrected chi connectivity index (χ2v) is 6.01. The van der Waals surface area contributed by atoms with Crippen LogP contribution in [0.1, 0.15) is 36.6 Å². The van der Waals surface area contributed by atoms with E-state index in [0.717, 1.165) is 16.8 Å². The molecule has 1 heterocycles. The standard InChI is InChI=1S/C22H19NO4.Na.H/c1-15(24)26-19-10-6-17(7-11-19)22(21-5-3-4-14-23-21)18-8-12-20(13-9-18)27-16(2)25;;/h3-14,22H,1-2H3;;. The molecule has 0 N–H and O–H groups in total. The molecule has 0 amide bonds. The number of ether oxygens (including phenoxy) is 2. The number of carbonyl (C=O) groups excluding carboxylic acids is 2. The minimum absolute atomic E-state index is 0. The van der Waals surface area contributed by atoms with Gasteiger partial charge in [-0.05, 0) is 47.5 Å². The molecule has 0 radical (unpaired) electrons. The van der Waals surface area contributed by atoms with E-state index in [-0.39, 0.29) is 47.4 Å². The molecule has 0 unspecified atom stereocenters. The molecule has 138 valence electrons. The molecule has 0 aliphatic carbocycles. The molecular weight excluding hydrogens is 365 g/mol. The van der Waals surface area contributed by atoms with E-state index < -0.39 is 0 Å². The number of hydrogen-bond acceptors (Lipinski definition) is 5. The zero-order valence-electron chi connectivity index (χ0n) is 15.1. The van der Waals surface area contributed by atoms with Crippen LogP contribution in [0, 0.1) is 0 Å². The number of aromatic nitrogens is 1. The summed E-state index contributed by atoms with van der Waals surface area (Å²) in [6.45, 7) is 2.74. The fourth-order valence-corrected chi connectivity index (χ4v) is 2.87. The first-order valence-corrected chi connectivity index (χ1v) is 8.50. The third-order valence-electron chi connectivity index (χ3n) is 3.93. The second kappa shape index (κ2) is 10.2. The van der Waals surface area contributed by atoms with Crippen molar-refractivity contribution in [3.05, 3.63) is 89.7 Å². The van der Waals surface area contributed by atoms with E-state index in [4.69, 9.17) is 9.47 Å². The Bertz CT molecular complexity index is 866. The van der Waals surface area contributed by atoms with Gasteiger partial charge in [-0.2, -0.15) is 0 Å². The van der Waals surface area contributed by atoms with E-state index in [2.05, 4.69) is 4.98 Å². The van der Waals surface area contributed by atoms with Crippen LogP contribution < -0.4 is 9.47 Å². The van der Waals surface area contributed by atoms with Crippen molar-refractivity contribution < 1.29 is 19.1 Å². The Balaban J connectivity index is 0.00000280. The van der Waals surface area contributed by atoms with Gasteiger partial charge in [0, 0.05) is 20.0 Å². The van der Waals surface area contributed by atoms with Crippen LogP contribution in [0.15, 0.2) is 72.9 Å². The fraction of sp³-hybridized carbons (Fsp3) is 0.136. The Hall–Kier alpha value is -2.47. The molecular formula is C22H20NNaO4. The maximum absolute atomic E-state index is 11.1. The van der Waals surface area contributed by atoms with Gasteiger partial charge >= 0.3 is 41.5 Å². The van der Waals surface area contributed by atoms with Crippen molar-refractivity contribution >= 4 is 41.5 Å². The fourth-order valence-electron chi connectivity index (χ4n) is 2.87. The van der Waals surface area contributed by atoms with Gasteiger partial charge in [0.05, 0.1) is 11.6 Å². The van der Waals surface area contributed by atoms with E-state index in [0.29, 0.717) is 11.5 Å². The molecule has 0 aliphatic rings. The normalized spacial score (nSPS) is 10.1. The zero-order chi connectivity index (χ0) is 19.2. The summed E-state index contributed by atoms with van der Waals surface area (Å²) in [6.07, 6.45) is 1.75. The average Bonchev–Trinajstić information content (AvgIpc) is 2.65. The van der Waals surface area contributed by atoms with E-state index in [9.17, 15) is 9.59 Å². The van der Waals surface area contributed by atoms with Gasteiger partial charge in [-0.25, -0.2) is 0 Å². The van der Waals surface area contributed by atoms with E-state index in [1.807, 2.05) is 42.5 Å². The van der Waals surface area contributed by atoms with Gasteiger partial charge in [0.1, 0.15) is 11.5 Å². The SMILES string of the molecule is CC(=O)Oc1ccc(C(c2ccc(OC(C)=O)cc2)c2ccccn2)cc1.[NaH]. The van der Waals surface area contributed by atoms with E-state index in [1.54, 1.807) is 30.5 Å². The van der Waals surface area contributed by atoms with Gasteiger partial charge in [0.15, 0.2) is 0 Å². The molecule has 6 heteroatoms. The predicted octanol–water partition coefficient (Wildman–Crippen LogP) is 3.46. The number of carbonyl (C=O) groups is 2. The van der Waals surface area contributed by atoms with Gasteiger partial charge in [0.25, 0.3) is 0 Å². The first-order valence-electron chi connectivity index (χ1n) is 8.50. The van der Waals surface area contributed by atoms with Crippen LogP contribution in [-0.2, 0) is 9.59 Å². The molecule has 5 nitrogen and oxygen atoms in total. The van der Waals surface area contributed by atoms with Gasteiger partial charge in [-0.1, -0.05) is 30.3 Å². The van der Waals surface area contributed by atoms with E-state index >= 15 is 0 Å². The average molecular weight is 385 g/mol. The van der Waals surface area contributed by atoms with Gasteiger partial charge in [-0.3, -0.25) is 14.6 Å². The molecule has 0 saturated carbocycles. The predicted molar refractivity (Wildman–Crippen MR) is 108 cm³/mol. The zero-order valence-corrected chi connectivity index (χ0v) is 15.1. The molecule has 3 aromatic rings. The molecule has 0 spiro atoms. The number of hydrogen-bond donors (Lipinski definition) is 0. The Kier molecular flexibility index (Phi) is 7.93. The summed E-state index contributed by atoms with van der Waals surface area (Å²) < 4.78 is 10.2. The molecule has 28 heavy (non-hydrogen) atoms. The monoisotopic (exact) mass is 385 g/mol. The molecule has 0 fully saturated rings. The summed E-state index contributed by atoms with van der Waals surface area (Å²) >= 11 is 0. The number of nitrogens with zero attached hydrogens (tertiary/aromatic N) is 1. The topological polar surface area (TPSA) is 65.5 Å². The molecule has 1 aromatic heterocycles. The quantitative estimate of drug-likeness (QED) is 0.382. The van der Waals surface area contributed by atoms with Crippen molar-refractivity contribution in [3.8, 4) is 11.5 Å². The molecule has 0 aliphatic heterocycles. The Morgan fingerprint density at radius 3 is 1.57 bits per heavy atom. The van der Waals surface area contributed by atoms with Crippen LogP contribution in [0.3, 0.4) is 0 Å². The van der Waals surface area contributed by atoms with Crippen molar-refractivity contribution in [2.45, 2.75) is 19.8 Å². The molecule has 0 bridgehead atoms. The Morgan fingerprint density at radius 1 is 0.750 bits per heavy atom. The van der Waals surface area contributed by atoms with Gasteiger partial charge < -0.3 is 9.47 Å². The molecule has 2 aromatic carbocycles. The summed E-state index contributed by atoms with van der Waals surface area (Å²) in [5.74, 6) is 0.173. The molecule has 3 rings (SSSR count). The number of rotatable bonds is 5. The summed E-state index contributed by atoms with van der Waals surface area (Å²) in [7, 11) is 0. The first-order chi connectivity index (χ1) is 13.0. The number of benzene rings is 2. The van der Waals surface area contributed by atoms with Crippen molar-refractivity contribution in [1.29, 1.82) is 0 Å². The summed E-state index contributed by atoms with van der Waals surface area (Å²) in [5.41, 5.74) is 2.90. The van der Waals surface area contributed by atoms with Crippen LogP contribution in [-0.4, -0.2) is 46.5 Å². The van der Waals surface area contributed by atoms with Gasteiger partial charge in [-0.15, -0.1) is 0 Å². The van der Waals surface area contributed by atoms with Crippen LogP contribution in [0.25, 0.3) is 0 Å². The Morgan fingerprint density at radius 2 is 1.21 bits per heavy atom. The molecule has 0 atom stereocenters. The third-order valence-corrected chi connectivity index (χ3v) is 3.93. The minimum atomic E-state index is -0.356. The van der Waals surface area contributed by atoms with Crippen LogP contribution in [0.5, 0.6) is 11.5 Å². The Labute approximate surface area is 186 Å². The van der Waals surface area contributed by atoms with Crippen LogP contribution in [0.4, 0.5) is 0 Å². The van der Waals surface area contributed by atoms with Crippen molar-refractivity contribution in [2.75, 3.05) is 0 Å². The van der Waals surface area contributed by atoms with Gasteiger partial charge in [0.2, 0.25) is 0 Å². The summed E-state index contributed by atoms with van der Waals surface area (Å²) in [6, 6.07) is 20.5. The van der Waals surface area contributed by atoms with Crippen LogP contribution in [0.2, 0.25) is 0 Å². The second-order valence-electron chi connectivity index (χ2n) is 6.01. The van der Waals surface area contributed by atoms with Crippen LogP contribution >= 0.6 is 0 Å². The summed E-state index contributed by atoms with van der Waals surface area (Å²) in [4.78, 5) is 26.7. The number of pyridine rings is 1. The summed E-state index contributed by atoms with van der Waals surface area (Å²) in [5, 5.41) is 0.